The lowest BCUT2D eigenvalue weighted by atomic mass is 9.93. The summed E-state index contributed by atoms with van der Waals surface area (Å²) in [5.74, 6) is -0.797. The van der Waals surface area contributed by atoms with Gasteiger partial charge in [-0.15, -0.1) is 0 Å². The van der Waals surface area contributed by atoms with E-state index in [-0.39, 0.29) is 41.1 Å². The molecular weight excluding hydrogens is 464 g/mol. The number of pyridine rings is 1. The molecule has 3 aromatic heterocycles. The van der Waals surface area contributed by atoms with Crippen LogP contribution in [0.1, 0.15) is 71.6 Å². The Bertz CT molecular complexity index is 1360. The molecule has 190 valence electrons. The zero-order chi connectivity index (χ0) is 26.0. The van der Waals surface area contributed by atoms with Gasteiger partial charge in [-0.1, -0.05) is 0 Å². The van der Waals surface area contributed by atoms with Gasteiger partial charge < -0.3 is 19.9 Å². The molecule has 36 heavy (non-hydrogen) atoms. The summed E-state index contributed by atoms with van der Waals surface area (Å²) in [6.45, 7) is 8.03. The Morgan fingerprint density at radius 3 is 2.58 bits per heavy atom. The molecule has 1 aliphatic rings. The van der Waals surface area contributed by atoms with E-state index in [0.29, 0.717) is 42.9 Å². The van der Waals surface area contributed by atoms with Gasteiger partial charge in [0.2, 0.25) is 0 Å². The second kappa shape index (κ2) is 9.92. The molecule has 1 aliphatic heterocycles. The van der Waals surface area contributed by atoms with Crippen LogP contribution in [0.3, 0.4) is 0 Å². The number of ether oxygens (including phenoxy) is 1. The van der Waals surface area contributed by atoms with Crippen LogP contribution in [0.15, 0.2) is 35.4 Å². The lowest BCUT2D eigenvalue weighted by Gasteiger charge is -2.33. The van der Waals surface area contributed by atoms with Crippen LogP contribution in [-0.2, 0) is 4.74 Å². The number of carbonyl (C=O) groups is 3. The minimum absolute atomic E-state index is 0.0270. The van der Waals surface area contributed by atoms with Gasteiger partial charge in [-0.05, 0) is 52.7 Å². The second-order valence-electron chi connectivity index (χ2n) is 9.91. The van der Waals surface area contributed by atoms with Crippen molar-refractivity contribution < 1.29 is 19.1 Å². The number of ketones is 1. The maximum Gasteiger partial charge on any atom is 0.410 e. The first-order valence-electron chi connectivity index (χ1n) is 11.8. The first kappa shape index (κ1) is 25.1. The highest BCUT2D eigenvalue weighted by Crippen LogP contribution is 2.28. The molecule has 0 saturated carbocycles. The Balaban J connectivity index is 1.47. The van der Waals surface area contributed by atoms with Crippen molar-refractivity contribution in [1.29, 1.82) is 0 Å². The van der Waals surface area contributed by atoms with Crippen LogP contribution < -0.4 is 10.9 Å². The number of nitrogens with zero attached hydrogens (tertiary/aromatic N) is 4. The van der Waals surface area contributed by atoms with Crippen molar-refractivity contribution in [3.8, 4) is 0 Å². The van der Waals surface area contributed by atoms with Gasteiger partial charge in [0.05, 0.1) is 18.4 Å². The van der Waals surface area contributed by atoms with E-state index in [1.54, 1.807) is 34.7 Å². The van der Waals surface area contributed by atoms with Crippen LogP contribution in [0.2, 0.25) is 0 Å². The number of amides is 2. The summed E-state index contributed by atoms with van der Waals surface area (Å²) >= 11 is 0. The molecule has 11 nitrogen and oxygen atoms in total. The molecule has 0 bridgehead atoms. The van der Waals surface area contributed by atoms with E-state index >= 15 is 0 Å². The van der Waals surface area contributed by atoms with E-state index < -0.39 is 11.5 Å². The highest BCUT2D eigenvalue weighted by atomic mass is 16.6. The number of piperidine rings is 1. The molecule has 4 heterocycles. The Morgan fingerprint density at radius 2 is 1.92 bits per heavy atom. The normalized spacial score (nSPS) is 14.6. The Kier molecular flexibility index (Phi) is 6.91. The summed E-state index contributed by atoms with van der Waals surface area (Å²) in [6, 6.07) is 4.72. The van der Waals surface area contributed by atoms with Gasteiger partial charge in [0, 0.05) is 42.5 Å². The molecule has 1 fully saturated rings. The SMILES string of the molecule is Cc1cc(C(=O)CNC(=O)c2cnn3c(C4CCN(C(=O)OC(C)(C)C)CC4)cc(=O)[nH]c23)ccn1. The number of rotatable bonds is 5. The summed E-state index contributed by atoms with van der Waals surface area (Å²) in [7, 11) is 0. The average Bonchev–Trinajstić information content (AvgIpc) is 3.24. The maximum atomic E-state index is 12.8. The molecule has 0 aliphatic carbocycles. The Labute approximate surface area is 207 Å². The molecule has 1 saturated heterocycles. The summed E-state index contributed by atoms with van der Waals surface area (Å²) < 4.78 is 7.01. The molecule has 4 rings (SSSR count). The van der Waals surface area contributed by atoms with Crippen molar-refractivity contribution in [3.05, 3.63) is 63.5 Å². The zero-order valence-electron chi connectivity index (χ0n) is 20.8. The van der Waals surface area contributed by atoms with Gasteiger partial charge in [0.1, 0.15) is 16.8 Å². The molecule has 0 spiro atoms. The summed E-state index contributed by atoms with van der Waals surface area (Å²) in [6.07, 6.45) is 3.81. The quantitative estimate of drug-likeness (QED) is 0.520. The molecule has 3 aromatic rings. The molecule has 2 amide bonds. The number of likely N-dealkylation sites (tertiary alicyclic amines) is 1. The number of hydrogen-bond donors (Lipinski definition) is 2. The molecule has 2 N–H and O–H groups in total. The van der Waals surface area contributed by atoms with Crippen LogP contribution in [0, 0.1) is 6.92 Å². The number of aromatic amines is 1. The number of nitrogens with one attached hydrogen (secondary N) is 2. The zero-order valence-corrected chi connectivity index (χ0v) is 20.8. The number of hydrogen-bond acceptors (Lipinski definition) is 7. The minimum Gasteiger partial charge on any atom is -0.444 e. The highest BCUT2D eigenvalue weighted by Gasteiger charge is 2.29. The molecule has 0 atom stereocenters. The highest BCUT2D eigenvalue weighted by molar-refractivity contribution is 6.04. The van der Waals surface area contributed by atoms with E-state index in [2.05, 4.69) is 20.4 Å². The molecule has 0 radical (unpaired) electrons. The first-order chi connectivity index (χ1) is 17.0. The third kappa shape index (κ3) is 5.61. The summed E-state index contributed by atoms with van der Waals surface area (Å²) in [4.78, 5) is 58.5. The fourth-order valence-electron chi connectivity index (χ4n) is 4.23. The van der Waals surface area contributed by atoms with Crippen molar-refractivity contribution in [2.45, 2.75) is 52.1 Å². The minimum atomic E-state index is -0.569. The van der Waals surface area contributed by atoms with Gasteiger partial charge >= 0.3 is 6.09 Å². The summed E-state index contributed by atoms with van der Waals surface area (Å²) in [5, 5.41) is 6.95. The van der Waals surface area contributed by atoms with Crippen molar-refractivity contribution >= 4 is 23.4 Å². The topological polar surface area (TPSA) is 139 Å². The standard InChI is InChI=1S/C25H30N6O5/c1-15-11-17(5-8-26-15)20(32)14-27-23(34)18-13-28-31-19(12-21(33)29-22(18)31)16-6-9-30(10-7-16)24(35)36-25(2,3)4/h5,8,11-13,16H,6-7,9-10,14H2,1-4H3,(H,27,34)(H,29,33). The number of Topliss-reactive ketones (excluding diaryl/α,β-unsaturated/α-hetero) is 1. The second-order valence-corrected chi connectivity index (χ2v) is 9.91. The number of carbonyl (C=O) groups excluding carboxylic acids is 3. The van der Waals surface area contributed by atoms with Crippen LogP contribution >= 0.6 is 0 Å². The fourth-order valence-corrected chi connectivity index (χ4v) is 4.23. The first-order valence-corrected chi connectivity index (χ1v) is 11.8. The van der Waals surface area contributed by atoms with E-state index in [9.17, 15) is 19.2 Å². The van der Waals surface area contributed by atoms with Crippen molar-refractivity contribution in [1.82, 2.24) is 29.8 Å². The third-order valence-electron chi connectivity index (χ3n) is 5.97. The largest absolute Gasteiger partial charge is 0.444 e. The molecular formula is C25H30N6O5. The van der Waals surface area contributed by atoms with Gasteiger partial charge in [-0.3, -0.25) is 19.4 Å². The van der Waals surface area contributed by atoms with Gasteiger partial charge in [-0.2, -0.15) is 5.10 Å². The van der Waals surface area contributed by atoms with Crippen LogP contribution in [0.4, 0.5) is 4.79 Å². The number of aromatic nitrogens is 4. The van der Waals surface area contributed by atoms with E-state index in [1.807, 2.05) is 20.8 Å². The Hall–Kier alpha value is -4.02. The number of H-pyrrole nitrogens is 1. The smallest absolute Gasteiger partial charge is 0.410 e. The predicted octanol–water partition coefficient (Wildman–Crippen LogP) is 2.45. The van der Waals surface area contributed by atoms with Gasteiger partial charge in [-0.25, -0.2) is 9.31 Å². The van der Waals surface area contributed by atoms with Crippen molar-refractivity contribution in [2.24, 2.45) is 0 Å². The van der Waals surface area contributed by atoms with Gasteiger partial charge in [0.25, 0.3) is 11.5 Å². The molecule has 11 heteroatoms. The lowest BCUT2D eigenvalue weighted by molar-refractivity contribution is 0.0203. The van der Waals surface area contributed by atoms with Crippen LogP contribution in [0.25, 0.3) is 5.65 Å². The van der Waals surface area contributed by atoms with Crippen LogP contribution in [0.5, 0.6) is 0 Å². The third-order valence-corrected chi connectivity index (χ3v) is 5.97. The van der Waals surface area contributed by atoms with Gasteiger partial charge in [0.15, 0.2) is 5.78 Å². The number of fused-ring (bicyclic) bond motifs is 1. The average molecular weight is 495 g/mol. The number of aryl methyl sites for hydroxylation is 1. The van der Waals surface area contributed by atoms with E-state index in [1.165, 1.54) is 12.3 Å². The van der Waals surface area contributed by atoms with Crippen molar-refractivity contribution in [2.75, 3.05) is 19.6 Å². The Morgan fingerprint density at radius 1 is 1.19 bits per heavy atom. The van der Waals surface area contributed by atoms with E-state index in [4.69, 9.17) is 4.74 Å². The predicted molar refractivity (Wildman–Crippen MR) is 131 cm³/mol. The summed E-state index contributed by atoms with van der Waals surface area (Å²) in [5.41, 5.74) is 1.33. The maximum absolute atomic E-state index is 12.8. The van der Waals surface area contributed by atoms with E-state index in [0.717, 1.165) is 0 Å². The van der Waals surface area contributed by atoms with Crippen molar-refractivity contribution in [3.63, 3.8) is 0 Å². The molecule has 0 aromatic carbocycles. The monoisotopic (exact) mass is 494 g/mol. The fraction of sp³-hybridized carbons (Fsp3) is 0.440. The lowest BCUT2D eigenvalue weighted by Crippen LogP contribution is -2.41. The van der Waals surface area contributed by atoms with Crippen LogP contribution in [-0.4, -0.2) is 67.5 Å². The molecule has 0 unspecified atom stereocenters.